The SMILES string of the molecule is COc1ccc([C@H]2CC(c3ccc(F)cc3)=NN2S(C)(=O)=O)c(OC)c1. The van der Waals surface area contributed by atoms with Gasteiger partial charge in [0.05, 0.1) is 32.2 Å². The molecule has 0 saturated carbocycles. The van der Waals surface area contributed by atoms with Crippen molar-refractivity contribution in [1.82, 2.24) is 4.41 Å². The van der Waals surface area contributed by atoms with Crippen LogP contribution in [-0.4, -0.2) is 39.0 Å². The van der Waals surface area contributed by atoms with Crippen molar-refractivity contribution in [2.75, 3.05) is 20.5 Å². The second kappa shape index (κ2) is 6.95. The highest BCUT2D eigenvalue weighted by Crippen LogP contribution is 2.40. The number of hydrogen-bond donors (Lipinski definition) is 0. The first-order valence-electron chi connectivity index (χ1n) is 7.88. The molecule has 1 aliphatic rings. The molecule has 0 unspecified atom stereocenters. The standard InChI is InChI=1S/C18H19FN2O4S/c1-24-14-8-9-15(18(10-14)25-2)17-11-16(20-21(17)26(3,22)23)12-4-6-13(19)7-5-12/h4-10,17H,11H2,1-3H3/t17-/m1/s1. The van der Waals surface area contributed by atoms with Crippen LogP contribution >= 0.6 is 0 Å². The van der Waals surface area contributed by atoms with Crippen LogP contribution in [0.1, 0.15) is 23.6 Å². The maximum absolute atomic E-state index is 13.2. The van der Waals surface area contributed by atoms with Gasteiger partial charge >= 0.3 is 0 Å². The van der Waals surface area contributed by atoms with E-state index in [2.05, 4.69) is 5.10 Å². The minimum atomic E-state index is -3.60. The van der Waals surface area contributed by atoms with Gasteiger partial charge in [-0.3, -0.25) is 0 Å². The minimum absolute atomic E-state index is 0.349. The Morgan fingerprint density at radius 3 is 2.38 bits per heavy atom. The molecule has 1 heterocycles. The summed E-state index contributed by atoms with van der Waals surface area (Å²) in [5.41, 5.74) is 1.92. The summed E-state index contributed by atoms with van der Waals surface area (Å²) in [5, 5.41) is 4.29. The van der Waals surface area contributed by atoms with Gasteiger partial charge in [0.2, 0.25) is 10.0 Å². The number of rotatable bonds is 5. The summed E-state index contributed by atoms with van der Waals surface area (Å²) in [6, 6.07) is 10.5. The zero-order chi connectivity index (χ0) is 18.9. The quantitative estimate of drug-likeness (QED) is 0.802. The van der Waals surface area contributed by atoms with Gasteiger partial charge in [0, 0.05) is 18.1 Å². The first-order valence-corrected chi connectivity index (χ1v) is 9.73. The Morgan fingerprint density at radius 2 is 1.81 bits per heavy atom. The Balaban J connectivity index is 2.04. The number of nitrogens with zero attached hydrogens (tertiary/aromatic N) is 2. The second-order valence-corrected chi connectivity index (χ2v) is 7.76. The van der Waals surface area contributed by atoms with Crippen molar-refractivity contribution in [2.45, 2.75) is 12.5 Å². The highest BCUT2D eigenvalue weighted by Gasteiger charge is 2.36. The number of hydrazone groups is 1. The molecular weight excluding hydrogens is 359 g/mol. The van der Waals surface area contributed by atoms with Gasteiger partial charge in [0.25, 0.3) is 0 Å². The third-order valence-electron chi connectivity index (χ3n) is 4.19. The summed E-state index contributed by atoms with van der Waals surface area (Å²) in [5.74, 6) is 0.758. The van der Waals surface area contributed by atoms with Crippen LogP contribution in [-0.2, 0) is 10.0 Å². The molecule has 1 atom stereocenters. The lowest BCUT2D eigenvalue weighted by Gasteiger charge is -2.23. The van der Waals surface area contributed by atoms with Crippen LogP contribution in [0.25, 0.3) is 0 Å². The second-order valence-electron chi connectivity index (χ2n) is 5.92. The van der Waals surface area contributed by atoms with Gasteiger partial charge in [0.15, 0.2) is 0 Å². The van der Waals surface area contributed by atoms with E-state index >= 15 is 0 Å². The monoisotopic (exact) mass is 378 g/mol. The lowest BCUT2D eigenvalue weighted by molar-refractivity contribution is 0.348. The first-order chi connectivity index (χ1) is 12.3. The number of sulfonamides is 1. The molecule has 0 amide bonds. The van der Waals surface area contributed by atoms with Crippen LogP contribution in [0.2, 0.25) is 0 Å². The Kier molecular flexibility index (Phi) is 4.86. The van der Waals surface area contributed by atoms with Gasteiger partial charge in [0.1, 0.15) is 17.3 Å². The van der Waals surface area contributed by atoms with Crippen molar-refractivity contribution in [2.24, 2.45) is 5.10 Å². The number of hydrogen-bond acceptors (Lipinski definition) is 5. The molecule has 138 valence electrons. The fourth-order valence-corrected chi connectivity index (χ4v) is 3.83. The molecule has 0 spiro atoms. The molecule has 0 saturated heterocycles. The van der Waals surface area contributed by atoms with Crippen molar-refractivity contribution in [3.05, 3.63) is 59.4 Å². The zero-order valence-corrected chi connectivity index (χ0v) is 15.5. The number of halogens is 1. The van der Waals surface area contributed by atoms with E-state index in [-0.39, 0.29) is 5.82 Å². The minimum Gasteiger partial charge on any atom is -0.497 e. The molecule has 2 aromatic carbocycles. The average molecular weight is 378 g/mol. The maximum Gasteiger partial charge on any atom is 0.247 e. The molecule has 0 aromatic heterocycles. The summed E-state index contributed by atoms with van der Waals surface area (Å²) in [6.45, 7) is 0. The van der Waals surface area contributed by atoms with Gasteiger partial charge in [-0.1, -0.05) is 12.1 Å². The van der Waals surface area contributed by atoms with Crippen LogP contribution in [0.15, 0.2) is 47.6 Å². The fourth-order valence-electron chi connectivity index (χ4n) is 2.94. The summed E-state index contributed by atoms with van der Waals surface area (Å²) in [4.78, 5) is 0. The molecule has 6 nitrogen and oxygen atoms in total. The highest BCUT2D eigenvalue weighted by atomic mass is 32.2. The smallest absolute Gasteiger partial charge is 0.247 e. The van der Waals surface area contributed by atoms with Gasteiger partial charge in [-0.05, 0) is 29.8 Å². The summed E-state index contributed by atoms with van der Waals surface area (Å²) >= 11 is 0. The van der Waals surface area contributed by atoms with E-state index in [1.807, 2.05) is 0 Å². The highest BCUT2D eigenvalue weighted by molar-refractivity contribution is 7.88. The number of benzene rings is 2. The molecule has 1 aliphatic heterocycles. The van der Waals surface area contributed by atoms with Crippen LogP contribution < -0.4 is 9.47 Å². The molecule has 0 N–H and O–H groups in total. The van der Waals surface area contributed by atoms with Crippen molar-refractivity contribution in [1.29, 1.82) is 0 Å². The molecule has 0 aliphatic carbocycles. The van der Waals surface area contributed by atoms with E-state index in [0.29, 0.717) is 34.8 Å². The lowest BCUT2D eigenvalue weighted by atomic mass is 9.98. The molecule has 2 aromatic rings. The van der Waals surface area contributed by atoms with Crippen molar-refractivity contribution >= 4 is 15.7 Å². The molecule has 26 heavy (non-hydrogen) atoms. The van der Waals surface area contributed by atoms with Crippen LogP contribution in [0.4, 0.5) is 4.39 Å². The molecule has 8 heteroatoms. The average Bonchev–Trinajstić information content (AvgIpc) is 3.07. The van der Waals surface area contributed by atoms with Crippen molar-refractivity contribution in [3.8, 4) is 11.5 Å². The largest absolute Gasteiger partial charge is 0.497 e. The van der Waals surface area contributed by atoms with E-state index in [1.165, 1.54) is 19.2 Å². The van der Waals surface area contributed by atoms with Crippen molar-refractivity contribution < 1.29 is 22.3 Å². The summed E-state index contributed by atoms with van der Waals surface area (Å²) < 4.78 is 49.4. The molecule has 0 fully saturated rings. The predicted molar refractivity (Wildman–Crippen MR) is 96.5 cm³/mol. The maximum atomic E-state index is 13.2. The Bertz CT molecular complexity index is 942. The van der Waals surface area contributed by atoms with E-state index in [4.69, 9.17) is 9.47 Å². The normalized spacial score (nSPS) is 17.2. The van der Waals surface area contributed by atoms with E-state index in [9.17, 15) is 12.8 Å². The van der Waals surface area contributed by atoms with Gasteiger partial charge in [-0.15, -0.1) is 0 Å². The molecular formula is C18H19FN2O4S. The lowest BCUT2D eigenvalue weighted by Crippen LogP contribution is -2.26. The van der Waals surface area contributed by atoms with Crippen molar-refractivity contribution in [3.63, 3.8) is 0 Å². The fraction of sp³-hybridized carbons (Fsp3) is 0.278. The van der Waals surface area contributed by atoms with Gasteiger partial charge in [-0.25, -0.2) is 12.8 Å². The van der Waals surface area contributed by atoms with Crippen LogP contribution in [0, 0.1) is 5.82 Å². The van der Waals surface area contributed by atoms with Gasteiger partial charge in [-0.2, -0.15) is 9.52 Å². The molecule has 0 radical (unpaired) electrons. The molecule has 0 bridgehead atoms. The Hall–Kier alpha value is -2.61. The predicted octanol–water partition coefficient (Wildman–Crippen LogP) is 2.95. The zero-order valence-electron chi connectivity index (χ0n) is 14.6. The molecule has 3 rings (SSSR count). The van der Waals surface area contributed by atoms with Crippen LogP contribution in [0.5, 0.6) is 11.5 Å². The number of ether oxygens (including phenoxy) is 2. The topological polar surface area (TPSA) is 68.2 Å². The summed E-state index contributed by atoms with van der Waals surface area (Å²) in [6.07, 6.45) is 1.45. The Labute approximate surface area is 151 Å². The third kappa shape index (κ3) is 3.50. The van der Waals surface area contributed by atoms with E-state index < -0.39 is 16.1 Å². The summed E-state index contributed by atoms with van der Waals surface area (Å²) in [7, 11) is -0.547. The first kappa shape index (κ1) is 18.2. The van der Waals surface area contributed by atoms with E-state index in [0.717, 1.165) is 10.7 Å². The van der Waals surface area contributed by atoms with Gasteiger partial charge < -0.3 is 9.47 Å². The van der Waals surface area contributed by atoms with E-state index in [1.54, 1.807) is 37.4 Å². The third-order valence-corrected chi connectivity index (χ3v) is 5.21. The number of methoxy groups -OCH3 is 2. The Morgan fingerprint density at radius 1 is 1.12 bits per heavy atom. The van der Waals surface area contributed by atoms with Crippen LogP contribution in [0.3, 0.4) is 0 Å².